The molecule has 0 saturated heterocycles. The lowest BCUT2D eigenvalue weighted by molar-refractivity contribution is 1.08. The Morgan fingerprint density at radius 2 is 0.783 bits per heavy atom. The van der Waals surface area contributed by atoms with E-state index in [0.29, 0.717) is 17.5 Å². The van der Waals surface area contributed by atoms with E-state index in [0.717, 1.165) is 55.7 Å². The highest BCUT2D eigenvalue weighted by atomic mass is 32.1. The van der Waals surface area contributed by atoms with E-state index in [2.05, 4.69) is 187 Å². The summed E-state index contributed by atoms with van der Waals surface area (Å²) in [4.78, 5) is 17.7. The first-order valence-corrected chi connectivity index (χ1v) is 20.9. The van der Waals surface area contributed by atoms with E-state index >= 15 is 0 Å². The third kappa shape index (κ3) is 6.48. The summed E-state index contributed by atoms with van der Waals surface area (Å²) in [5.41, 5.74) is 10.8. The van der Waals surface area contributed by atoms with Crippen molar-refractivity contribution in [1.29, 1.82) is 0 Å². The lowest BCUT2D eigenvalue weighted by Crippen LogP contribution is -2.09. The zero-order valence-corrected chi connectivity index (χ0v) is 33.3. The van der Waals surface area contributed by atoms with Gasteiger partial charge in [0.05, 0.1) is 0 Å². The van der Waals surface area contributed by atoms with E-state index in [1.807, 2.05) is 47.7 Å². The first kappa shape index (κ1) is 35.4. The third-order valence-corrected chi connectivity index (χ3v) is 12.3. The Morgan fingerprint density at radius 3 is 1.40 bits per heavy atom. The van der Waals surface area contributed by atoms with Crippen LogP contribution in [-0.4, -0.2) is 15.0 Å². The Labute approximate surface area is 352 Å². The van der Waals surface area contributed by atoms with Gasteiger partial charge in [-0.3, -0.25) is 0 Å². The SMILES string of the molecule is c1ccc(-c2ccc(N(c3ccccc3)c3ccc(-c4cc5c6ccccc6sc5c5c(-c6nc(-c7ccccc7)nc(-c7ccccc7)n6)cccc45)cc3)cc2)cc1. The molecule has 2 aromatic heterocycles. The maximum Gasteiger partial charge on any atom is 0.164 e. The zero-order chi connectivity index (χ0) is 39.8. The molecule has 0 amide bonds. The van der Waals surface area contributed by atoms with Gasteiger partial charge in [-0.15, -0.1) is 11.3 Å². The summed E-state index contributed by atoms with van der Waals surface area (Å²) in [6.45, 7) is 0. The molecule has 0 atom stereocenters. The molecule has 0 spiro atoms. The van der Waals surface area contributed by atoms with Gasteiger partial charge in [-0.1, -0.05) is 170 Å². The molecule has 2 heterocycles. The summed E-state index contributed by atoms with van der Waals surface area (Å²) in [7, 11) is 0. The van der Waals surface area contributed by atoms with E-state index < -0.39 is 0 Å². The van der Waals surface area contributed by atoms with Crippen LogP contribution >= 0.6 is 11.3 Å². The third-order valence-electron chi connectivity index (χ3n) is 11.1. The average Bonchev–Trinajstić information content (AvgIpc) is 3.71. The van der Waals surface area contributed by atoms with Gasteiger partial charge in [0.2, 0.25) is 0 Å². The highest BCUT2D eigenvalue weighted by Gasteiger charge is 2.21. The number of rotatable bonds is 8. The predicted molar refractivity (Wildman–Crippen MR) is 252 cm³/mol. The molecule has 0 fully saturated rings. The Bertz CT molecular complexity index is 3220. The van der Waals surface area contributed by atoms with Gasteiger partial charge in [0.25, 0.3) is 0 Å². The largest absolute Gasteiger partial charge is 0.311 e. The number of fused-ring (bicyclic) bond motifs is 5. The molecule has 60 heavy (non-hydrogen) atoms. The van der Waals surface area contributed by atoms with Gasteiger partial charge in [0.15, 0.2) is 17.5 Å². The van der Waals surface area contributed by atoms with Crippen molar-refractivity contribution in [3.63, 3.8) is 0 Å². The number of hydrogen-bond acceptors (Lipinski definition) is 5. The van der Waals surface area contributed by atoms with Crippen molar-refractivity contribution < 1.29 is 0 Å². The average molecular weight is 785 g/mol. The summed E-state index contributed by atoms with van der Waals surface area (Å²) in [6, 6.07) is 76.9. The first-order valence-electron chi connectivity index (χ1n) is 20.1. The van der Waals surface area contributed by atoms with Crippen LogP contribution in [0.5, 0.6) is 0 Å². The van der Waals surface area contributed by atoms with Crippen LogP contribution in [0.25, 0.3) is 87.4 Å². The fraction of sp³-hybridized carbons (Fsp3) is 0. The monoisotopic (exact) mass is 784 g/mol. The normalized spacial score (nSPS) is 11.3. The fourth-order valence-corrected chi connectivity index (χ4v) is 9.50. The van der Waals surface area contributed by atoms with Crippen LogP contribution in [0.2, 0.25) is 0 Å². The number of aromatic nitrogens is 3. The number of para-hydroxylation sites is 1. The highest BCUT2D eigenvalue weighted by molar-refractivity contribution is 7.26. The molecule has 0 saturated carbocycles. The van der Waals surface area contributed by atoms with Crippen LogP contribution in [0, 0.1) is 0 Å². The van der Waals surface area contributed by atoms with E-state index in [-0.39, 0.29) is 0 Å². The molecular formula is C55H36N4S. The summed E-state index contributed by atoms with van der Waals surface area (Å²) in [6.07, 6.45) is 0. The second kappa shape index (κ2) is 15.2. The maximum absolute atomic E-state index is 5.20. The topological polar surface area (TPSA) is 41.9 Å². The number of nitrogens with zero attached hydrogens (tertiary/aromatic N) is 4. The van der Waals surface area contributed by atoms with Crippen molar-refractivity contribution >= 4 is 59.3 Å². The summed E-state index contributed by atoms with van der Waals surface area (Å²) in [5.74, 6) is 1.94. The molecule has 11 aromatic rings. The van der Waals surface area contributed by atoms with Crippen LogP contribution in [0.4, 0.5) is 17.1 Å². The van der Waals surface area contributed by atoms with Crippen molar-refractivity contribution in [2.45, 2.75) is 0 Å². The smallest absolute Gasteiger partial charge is 0.164 e. The molecule has 9 aromatic carbocycles. The molecule has 282 valence electrons. The minimum atomic E-state index is 0.647. The van der Waals surface area contributed by atoms with Crippen LogP contribution in [0.3, 0.4) is 0 Å². The van der Waals surface area contributed by atoms with Crippen LogP contribution in [-0.2, 0) is 0 Å². The van der Waals surface area contributed by atoms with Crippen LogP contribution < -0.4 is 4.90 Å². The van der Waals surface area contributed by atoms with Crippen molar-refractivity contribution in [2.75, 3.05) is 4.90 Å². The van der Waals surface area contributed by atoms with E-state index in [9.17, 15) is 0 Å². The lowest BCUT2D eigenvalue weighted by Gasteiger charge is -2.26. The van der Waals surface area contributed by atoms with Gasteiger partial charge in [-0.2, -0.15) is 0 Å². The quantitative estimate of drug-likeness (QED) is 0.154. The lowest BCUT2D eigenvalue weighted by atomic mass is 9.92. The molecule has 0 aliphatic rings. The van der Waals surface area contributed by atoms with Crippen LogP contribution in [0.1, 0.15) is 0 Å². The molecular weight excluding hydrogens is 749 g/mol. The summed E-state index contributed by atoms with van der Waals surface area (Å²) >= 11 is 1.83. The molecule has 0 aliphatic carbocycles. The van der Waals surface area contributed by atoms with Gasteiger partial charge in [0, 0.05) is 59.3 Å². The Hall–Kier alpha value is -7.73. The van der Waals surface area contributed by atoms with Crippen molar-refractivity contribution in [2.24, 2.45) is 0 Å². The Morgan fingerprint density at radius 1 is 0.317 bits per heavy atom. The van der Waals surface area contributed by atoms with Crippen molar-refractivity contribution in [3.8, 4) is 56.4 Å². The van der Waals surface area contributed by atoms with Crippen molar-refractivity contribution in [3.05, 3.63) is 218 Å². The van der Waals surface area contributed by atoms with Gasteiger partial charge < -0.3 is 4.90 Å². The molecule has 0 aliphatic heterocycles. The molecule has 0 radical (unpaired) electrons. The molecule has 4 nitrogen and oxygen atoms in total. The molecule has 0 bridgehead atoms. The highest BCUT2D eigenvalue weighted by Crippen LogP contribution is 2.46. The van der Waals surface area contributed by atoms with E-state index in [1.54, 1.807) is 0 Å². The number of benzene rings is 9. The number of anilines is 3. The summed E-state index contributed by atoms with van der Waals surface area (Å²) in [5, 5.41) is 4.76. The molecule has 0 N–H and O–H groups in total. The minimum absolute atomic E-state index is 0.647. The van der Waals surface area contributed by atoms with Gasteiger partial charge in [0.1, 0.15) is 0 Å². The van der Waals surface area contributed by atoms with Crippen molar-refractivity contribution in [1.82, 2.24) is 15.0 Å². The zero-order valence-electron chi connectivity index (χ0n) is 32.5. The maximum atomic E-state index is 5.20. The second-order valence-corrected chi connectivity index (χ2v) is 15.8. The van der Waals surface area contributed by atoms with Gasteiger partial charge in [-0.25, -0.2) is 15.0 Å². The van der Waals surface area contributed by atoms with Gasteiger partial charge in [-0.05, 0) is 76.2 Å². The predicted octanol–water partition coefficient (Wildman–Crippen LogP) is 15.2. The number of thiophene rings is 1. The molecule has 0 unspecified atom stereocenters. The second-order valence-electron chi connectivity index (χ2n) is 14.8. The molecule has 11 rings (SSSR count). The van der Waals surface area contributed by atoms with Gasteiger partial charge >= 0.3 is 0 Å². The minimum Gasteiger partial charge on any atom is -0.311 e. The first-order chi connectivity index (χ1) is 29.7. The standard InChI is InChI=1S/C55H36N4S/c1-5-16-37(17-6-1)38-28-32-43(33-29-38)59(42-22-11-4-12-23-42)44-34-30-39(31-35-44)48-36-49-45-24-13-14-27-50(45)60-52(49)51-46(48)25-15-26-47(51)55-57-53(40-18-7-2-8-19-40)56-54(58-55)41-20-9-3-10-21-41/h1-36H. The van der Waals surface area contributed by atoms with Crippen LogP contribution in [0.15, 0.2) is 218 Å². The Kier molecular flexibility index (Phi) is 8.99. The van der Waals surface area contributed by atoms with E-state index in [4.69, 9.17) is 15.0 Å². The summed E-state index contributed by atoms with van der Waals surface area (Å²) < 4.78 is 2.47. The fourth-order valence-electron chi connectivity index (χ4n) is 8.24. The number of hydrogen-bond donors (Lipinski definition) is 0. The van der Waals surface area contributed by atoms with E-state index in [1.165, 1.54) is 31.3 Å². The Balaban J connectivity index is 1.08. The molecule has 5 heteroatoms.